The van der Waals surface area contributed by atoms with Crippen molar-refractivity contribution in [1.82, 2.24) is 0 Å². The summed E-state index contributed by atoms with van der Waals surface area (Å²) in [5, 5.41) is 8.69. The first-order chi connectivity index (χ1) is 6.02. The molecule has 0 amide bonds. The predicted molar refractivity (Wildman–Crippen MR) is 52.5 cm³/mol. The van der Waals surface area contributed by atoms with Crippen molar-refractivity contribution in [3.63, 3.8) is 0 Å². The Morgan fingerprint density at radius 3 is 2.54 bits per heavy atom. The Hall–Kier alpha value is -1.77. The van der Waals surface area contributed by atoms with Gasteiger partial charge in [-0.15, -0.1) is 0 Å². The highest BCUT2D eigenvalue weighted by Crippen LogP contribution is 2.18. The van der Waals surface area contributed by atoms with Crippen LogP contribution in [0.15, 0.2) is 24.8 Å². The summed E-state index contributed by atoms with van der Waals surface area (Å²) in [5.74, 6) is -1.01. The Morgan fingerprint density at radius 2 is 2.15 bits per heavy atom. The van der Waals surface area contributed by atoms with Gasteiger partial charge in [0.15, 0.2) is 0 Å². The SMILES string of the molecule is C=C(C)c1ccc(C(=O)O)c(N)c1. The van der Waals surface area contributed by atoms with E-state index in [2.05, 4.69) is 6.58 Å². The van der Waals surface area contributed by atoms with Crippen LogP contribution in [0.4, 0.5) is 5.69 Å². The molecular formula is C10H11NO2. The summed E-state index contributed by atoms with van der Waals surface area (Å²) in [6.45, 7) is 5.58. The molecule has 1 rings (SSSR count). The molecular weight excluding hydrogens is 166 g/mol. The van der Waals surface area contributed by atoms with Crippen LogP contribution in [-0.2, 0) is 0 Å². The van der Waals surface area contributed by atoms with Crippen molar-refractivity contribution < 1.29 is 9.90 Å². The molecule has 0 spiro atoms. The van der Waals surface area contributed by atoms with E-state index in [1.54, 1.807) is 12.1 Å². The van der Waals surface area contributed by atoms with Gasteiger partial charge >= 0.3 is 5.97 Å². The zero-order valence-electron chi connectivity index (χ0n) is 7.37. The molecule has 0 aromatic heterocycles. The highest BCUT2D eigenvalue weighted by atomic mass is 16.4. The van der Waals surface area contributed by atoms with Crippen molar-refractivity contribution >= 4 is 17.2 Å². The van der Waals surface area contributed by atoms with Gasteiger partial charge in [0.2, 0.25) is 0 Å². The highest BCUT2D eigenvalue weighted by molar-refractivity contribution is 5.94. The van der Waals surface area contributed by atoms with Crippen molar-refractivity contribution in [3.8, 4) is 0 Å². The van der Waals surface area contributed by atoms with E-state index in [-0.39, 0.29) is 11.3 Å². The molecule has 3 nitrogen and oxygen atoms in total. The monoisotopic (exact) mass is 177 g/mol. The Bertz CT molecular complexity index is 369. The number of nitrogens with two attached hydrogens (primary N) is 1. The number of hydrogen-bond donors (Lipinski definition) is 2. The Labute approximate surface area is 76.5 Å². The summed E-state index contributed by atoms with van der Waals surface area (Å²) in [6.07, 6.45) is 0. The van der Waals surface area contributed by atoms with Crippen molar-refractivity contribution in [3.05, 3.63) is 35.9 Å². The van der Waals surface area contributed by atoms with E-state index < -0.39 is 5.97 Å². The fourth-order valence-corrected chi connectivity index (χ4v) is 1.02. The highest BCUT2D eigenvalue weighted by Gasteiger charge is 2.07. The molecule has 0 unspecified atom stereocenters. The van der Waals surface area contributed by atoms with Crippen LogP contribution < -0.4 is 5.73 Å². The molecule has 1 aromatic carbocycles. The lowest BCUT2D eigenvalue weighted by Gasteiger charge is -2.04. The summed E-state index contributed by atoms with van der Waals surface area (Å²) in [7, 11) is 0. The summed E-state index contributed by atoms with van der Waals surface area (Å²) in [4.78, 5) is 10.6. The van der Waals surface area contributed by atoms with Gasteiger partial charge in [0.25, 0.3) is 0 Å². The van der Waals surface area contributed by atoms with E-state index in [1.807, 2.05) is 6.92 Å². The van der Waals surface area contributed by atoms with Crippen LogP contribution in [0.3, 0.4) is 0 Å². The Morgan fingerprint density at radius 1 is 1.54 bits per heavy atom. The van der Waals surface area contributed by atoms with Crippen LogP contribution in [0, 0.1) is 0 Å². The van der Waals surface area contributed by atoms with Crippen molar-refractivity contribution in [2.45, 2.75) is 6.92 Å². The van der Waals surface area contributed by atoms with Gasteiger partial charge in [-0.2, -0.15) is 0 Å². The second kappa shape index (κ2) is 3.31. The van der Waals surface area contributed by atoms with Gasteiger partial charge < -0.3 is 10.8 Å². The predicted octanol–water partition coefficient (Wildman–Crippen LogP) is 2.00. The van der Waals surface area contributed by atoms with Crippen molar-refractivity contribution in [2.75, 3.05) is 5.73 Å². The van der Waals surface area contributed by atoms with Gasteiger partial charge in [-0.3, -0.25) is 0 Å². The van der Waals surface area contributed by atoms with E-state index in [1.165, 1.54) is 6.07 Å². The van der Waals surface area contributed by atoms with Gasteiger partial charge in [-0.05, 0) is 24.6 Å². The molecule has 3 N–H and O–H groups in total. The third-order valence-corrected chi connectivity index (χ3v) is 1.77. The fourth-order valence-electron chi connectivity index (χ4n) is 1.02. The maximum Gasteiger partial charge on any atom is 0.337 e. The molecule has 0 radical (unpaired) electrons. The largest absolute Gasteiger partial charge is 0.478 e. The molecule has 0 heterocycles. The molecule has 0 aliphatic carbocycles. The molecule has 0 saturated heterocycles. The molecule has 0 fully saturated rings. The summed E-state index contributed by atoms with van der Waals surface area (Å²) < 4.78 is 0. The van der Waals surface area contributed by atoms with Gasteiger partial charge in [-0.1, -0.05) is 18.2 Å². The number of rotatable bonds is 2. The number of carbonyl (C=O) groups is 1. The zero-order chi connectivity index (χ0) is 10.0. The number of allylic oxidation sites excluding steroid dienone is 1. The Balaban J connectivity index is 3.20. The third kappa shape index (κ3) is 1.87. The van der Waals surface area contributed by atoms with Crippen LogP contribution >= 0.6 is 0 Å². The van der Waals surface area contributed by atoms with Crippen LogP contribution in [-0.4, -0.2) is 11.1 Å². The third-order valence-electron chi connectivity index (χ3n) is 1.77. The molecule has 0 saturated carbocycles. The van der Waals surface area contributed by atoms with Gasteiger partial charge in [-0.25, -0.2) is 4.79 Å². The number of aromatic carboxylic acids is 1. The maximum absolute atomic E-state index is 10.6. The van der Waals surface area contributed by atoms with Crippen molar-refractivity contribution in [1.29, 1.82) is 0 Å². The van der Waals surface area contributed by atoms with Crippen molar-refractivity contribution in [2.24, 2.45) is 0 Å². The van der Waals surface area contributed by atoms with E-state index in [4.69, 9.17) is 10.8 Å². The first-order valence-corrected chi connectivity index (χ1v) is 3.81. The summed E-state index contributed by atoms with van der Waals surface area (Å²) in [6, 6.07) is 4.80. The maximum atomic E-state index is 10.6. The van der Waals surface area contributed by atoms with Gasteiger partial charge in [0.05, 0.1) is 5.56 Å². The summed E-state index contributed by atoms with van der Waals surface area (Å²) in [5.41, 5.74) is 7.67. The number of carboxylic acids is 1. The first-order valence-electron chi connectivity index (χ1n) is 3.81. The molecule has 3 heteroatoms. The molecule has 0 aliphatic rings. The second-order valence-electron chi connectivity index (χ2n) is 2.89. The minimum absolute atomic E-state index is 0.130. The lowest BCUT2D eigenvalue weighted by atomic mass is 10.1. The van der Waals surface area contributed by atoms with Crippen LogP contribution in [0.5, 0.6) is 0 Å². The average molecular weight is 177 g/mol. The smallest absolute Gasteiger partial charge is 0.337 e. The molecule has 0 atom stereocenters. The number of carboxylic acid groups (broad SMARTS) is 1. The van der Waals surface area contributed by atoms with Gasteiger partial charge in [0, 0.05) is 5.69 Å². The van der Waals surface area contributed by atoms with E-state index >= 15 is 0 Å². The second-order valence-corrected chi connectivity index (χ2v) is 2.89. The topological polar surface area (TPSA) is 63.3 Å². The molecule has 0 bridgehead atoms. The quantitative estimate of drug-likeness (QED) is 0.679. The van der Waals surface area contributed by atoms with E-state index in [9.17, 15) is 4.79 Å². The molecule has 0 aliphatic heterocycles. The molecule has 1 aromatic rings. The number of benzene rings is 1. The lowest BCUT2D eigenvalue weighted by Crippen LogP contribution is -2.02. The number of nitrogen functional groups attached to an aromatic ring is 1. The van der Waals surface area contributed by atoms with Gasteiger partial charge in [0.1, 0.15) is 0 Å². The standard InChI is InChI=1S/C10H11NO2/c1-6(2)7-3-4-8(10(12)13)9(11)5-7/h3-5H,1,11H2,2H3,(H,12,13). The number of hydrogen-bond acceptors (Lipinski definition) is 2. The van der Waals surface area contributed by atoms with Crippen LogP contribution in [0.1, 0.15) is 22.8 Å². The lowest BCUT2D eigenvalue weighted by molar-refractivity contribution is 0.0698. The minimum atomic E-state index is -1.01. The Kier molecular flexibility index (Phi) is 2.37. The van der Waals surface area contributed by atoms with E-state index in [0.29, 0.717) is 0 Å². The molecule has 68 valence electrons. The minimum Gasteiger partial charge on any atom is -0.478 e. The molecule has 13 heavy (non-hydrogen) atoms. The van der Waals surface area contributed by atoms with Crippen LogP contribution in [0.2, 0.25) is 0 Å². The first kappa shape index (κ1) is 9.32. The summed E-state index contributed by atoms with van der Waals surface area (Å²) >= 11 is 0. The zero-order valence-corrected chi connectivity index (χ0v) is 7.37. The fraction of sp³-hybridized carbons (Fsp3) is 0.100. The van der Waals surface area contributed by atoms with E-state index in [0.717, 1.165) is 11.1 Å². The number of anilines is 1. The van der Waals surface area contributed by atoms with Crippen LogP contribution in [0.25, 0.3) is 5.57 Å². The average Bonchev–Trinajstić information content (AvgIpc) is 2.03. The normalized spacial score (nSPS) is 9.62.